The summed E-state index contributed by atoms with van der Waals surface area (Å²) in [4.78, 5) is 22.9. The fraction of sp³-hybridized carbons (Fsp3) is 0.833. The number of carbonyl (C=O) groups is 2. The maximum atomic E-state index is 11.8. The van der Waals surface area contributed by atoms with Crippen molar-refractivity contribution in [2.24, 2.45) is 17.8 Å². The van der Waals surface area contributed by atoms with Crippen LogP contribution in [0.1, 0.15) is 39.0 Å². The lowest BCUT2D eigenvalue weighted by atomic mass is 9.56. The van der Waals surface area contributed by atoms with Crippen molar-refractivity contribution in [2.45, 2.75) is 44.6 Å². The molecule has 3 fully saturated rings. The number of hydrogen-bond donors (Lipinski definition) is 0. The first-order chi connectivity index (χ1) is 7.15. The Kier molecular flexibility index (Phi) is 1.77. The van der Waals surface area contributed by atoms with Crippen molar-refractivity contribution in [2.75, 3.05) is 0 Å². The van der Waals surface area contributed by atoms with Gasteiger partial charge in [-0.05, 0) is 25.2 Å². The molecule has 0 N–H and O–H groups in total. The number of rotatable bonds is 1. The van der Waals surface area contributed by atoms with Crippen LogP contribution in [0.25, 0.3) is 0 Å². The summed E-state index contributed by atoms with van der Waals surface area (Å²) in [5.41, 5.74) is -0.371. The summed E-state index contributed by atoms with van der Waals surface area (Å²) < 4.78 is 5.52. The predicted octanol–water partition coefficient (Wildman–Crippen LogP) is 1.70. The van der Waals surface area contributed by atoms with Crippen LogP contribution < -0.4 is 0 Å². The molecule has 0 aromatic rings. The maximum absolute atomic E-state index is 11.8. The average Bonchev–Trinajstić information content (AvgIpc) is 2.65. The van der Waals surface area contributed by atoms with E-state index in [-0.39, 0.29) is 17.5 Å². The van der Waals surface area contributed by atoms with E-state index < -0.39 is 0 Å². The minimum Gasteiger partial charge on any atom is -0.458 e. The van der Waals surface area contributed by atoms with E-state index in [1.165, 1.54) is 13.3 Å². The summed E-state index contributed by atoms with van der Waals surface area (Å²) in [7, 11) is 0. The Morgan fingerprint density at radius 1 is 1.47 bits per heavy atom. The van der Waals surface area contributed by atoms with Crippen molar-refractivity contribution < 1.29 is 14.3 Å². The summed E-state index contributed by atoms with van der Waals surface area (Å²) in [6.07, 6.45) is 4.89. The standard InChI is InChI=1S/C12H16O3/c1-7(13)15-12-6-5-10(14)11(12)8-3-2-4-9(8)12/h8-9,11H,2-6H2,1H3. The highest BCUT2D eigenvalue weighted by Gasteiger charge is 2.70. The summed E-state index contributed by atoms with van der Waals surface area (Å²) in [5, 5.41) is 0. The monoisotopic (exact) mass is 208 g/mol. The summed E-state index contributed by atoms with van der Waals surface area (Å²) in [5.74, 6) is 1.17. The Hall–Kier alpha value is -0.860. The van der Waals surface area contributed by atoms with E-state index in [1.54, 1.807) is 0 Å². The summed E-state index contributed by atoms with van der Waals surface area (Å²) >= 11 is 0. The molecule has 0 bridgehead atoms. The maximum Gasteiger partial charge on any atom is 0.303 e. The van der Waals surface area contributed by atoms with Crippen molar-refractivity contribution in [3.05, 3.63) is 0 Å². The van der Waals surface area contributed by atoms with E-state index in [0.29, 0.717) is 24.0 Å². The topological polar surface area (TPSA) is 43.4 Å². The molecule has 4 unspecified atom stereocenters. The third-order valence-corrected chi connectivity index (χ3v) is 4.59. The van der Waals surface area contributed by atoms with Crippen LogP contribution >= 0.6 is 0 Å². The van der Waals surface area contributed by atoms with Crippen molar-refractivity contribution in [1.29, 1.82) is 0 Å². The van der Waals surface area contributed by atoms with Gasteiger partial charge in [-0.3, -0.25) is 9.59 Å². The van der Waals surface area contributed by atoms with Gasteiger partial charge in [-0.1, -0.05) is 6.42 Å². The first kappa shape index (κ1) is 9.37. The molecular formula is C12H16O3. The molecule has 3 aliphatic carbocycles. The molecule has 4 atom stereocenters. The zero-order valence-electron chi connectivity index (χ0n) is 8.99. The molecule has 0 amide bonds. The van der Waals surface area contributed by atoms with Gasteiger partial charge in [0.2, 0.25) is 0 Å². The molecular weight excluding hydrogens is 192 g/mol. The summed E-state index contributed by atoms with van der Waals surface area (Å²) in [6, 6.07) is 0. The van der Waals surface area contributed by atoms with Gasteiger partial charge in [0.15, 0.2) is 0 Å². The molecule has 0 aliphatic heterocycles. The zero-order chi connectivity index (χ0) is 10.6. The first-order valence-corrected chi connectivity index (χ1v) is 5.87. The van der Waals surface area contributed by atoms with Gasteiger partial charge in [0.1, 0.15) is 11.4 Å². The highest BCUT2D eigenvalue weighted by Crippen LogP contribution is 2.64. The number of carbonyl (C=O) groups excluding carboxylic acids is 2. The Morgan fingerprint density at radius 2 is 2.27 bits per heavy atom. The van der Waals surface area contributed by atoms with E-state index in [2.05, 4.69) is 0 Å². The van der Waals surface area contributed by atoms with E-state index in [0.717, 1.165) is 19.3 Å². The number of ether oxygens (including phenoxy) is 1. The third-order valence-electron chi connectivity index (χ3n) is 4.59. The number of fused-ring (bicyclic) bond motifs is 4. The highest BCUT2D eigenvalue weighted by molar-refractivity contribution is 5.87. The fourth-order valence-electron chi connectivity index (χ4n) is 4.25. The molecule has 3 saturated carbocycles. The molecule has 0 radical (unpaired) electrons. The van der Waals surface area contributed by atoms with Gasteiger partial charge in [-0.15, -0.1) is 0 Å². The predicted molar refractivity (Wildman–Crippen MR) is 53.1 cm³/mol. The molecule has 0 aromatic heterocycles. The third kappa shape index (κ3) is 1.01. The van der Waals surface area contributed by atoms with Crippen LogP contribution in [0.3, 0.4) is 0 Å². The lowest BCUT2D eigenvalue weighted by Crippen LogP contribution is -2.61. The average molecular weight is 208 g/mol. The lowest BCUT2D eigenvalue weighted by molar-refractivity contribution is -0.206. The van der Waals surface area contributed by atoms with Gasteiger partial charge >= 0.3 is 5.97 Å². The quantitative estimate of drug-likeness (QED) is 0.616. The van der Waals surface area contributed by atoms with Gasteiger partial charge < -0.3 is 4.74 Å². The van der Waals surface area contributed by atoms with Gasteiger partial charge in [0, 0.05) is 19.3 Å². The van der Waals surface area contributed by atoms with Crippen LogP contribution in [-0.4, -0.2) is 17.4 Å². The Bertz CT molecular complexity index is 336. The smallest absolute Gasteiger partial charge is 0.303 e. The second kappa shape index (κ2) is 2.83. The van der Waals surface area contributed by atoms with Crippen LogP contribution in [0, 0.1) is 17.8 Å². The Balaban J connectivity index is 1.92. The second-order valence-corrected chi connectivity index (χ2v) is 5.19. The number of esters is 1. The number of ketones is 1. The SMILES string of the molecule is CC(=O)OC12CCC(=O)C1C1CCCC12. The number of Topliss-reactive ketones (excluding diaryl/α,β-unsaturated/α-hetero) is 1. The molecule has 3 heteroatoms. The molecule has 0 saturated heterocycles. The molecule has 3 aliphatic rings. The van der Waals surface area contributed by atoms with Crippen molar-refractivity contribution >= 4 is 11.8 Å². The molecule has 3 nitrogen and oxygen atoms in total. The fourth-order valence-corrected chi connectivity index (χ4v) is 4.25. The highest BCUT2D eigenvalue weighted by atomic mass is 16.6. The van der Waals surface area contributed by atoms with Gasteiger partial charge in [-0.2, -0.15) is 0 Å². The van der Waals surface area contributed by atoms with Crippen LogP contribution in [0.4, 0.5) is 0 Å². The molecule has 0 spiro atoms. The zero-order valence-corrected chi connectivity index (χ0v) is 8.99. The van der Waals surface area contributed by atoms with Crippen molar-refractivity contribution in [3.8, 4) is 0 Å². The lowest BCUT2D eigenvalue weighted by Gasteiger charge is -2.53. The second-order valence-electron chi connectivity index (χ2n) is 5.19. The molecule has 15 heavy (non-hydrogen) atoms. The minimum atomic E-state index is -0.371. The van der Waals surface area contributed by atoms with Gasteiger partial charge in [0.05, 0.1) is 5.92 Å². The molecule has 82 valence electrons. The largest absolute Gasteiger partial charge is 0.458 e. The van der Waals surface area contributed by atoms with Crippen molar-refractivity contribution in [1.82, 2.24) is 0 Å². The van der Waals surface area contributed by atoms with Crippen LogP contribution in [0.5, 0.6) is 0 Å². The normalized spacial score (nSPS) is 47.0. The summed E-state index contributed by atoms with van der Waals surface area (Å²) in [6.45, 7) is 1.46. The Labute approximate surface area is 89.2 Å². The van der Waals surface area contributed by atoms with Gasteiger partial charge in [-0.25, -0.2) is 0 Å². The Morgan fingerprint density at radius 3 is 3.00 bits per heavy atom. The number of hydrogen-bond acceptors (Lipinski definition) is 3. The minimum absolute atomic E-state index is 0.0499. The van der Waals surface area contributed by atoms with Crippen molar-refractivity contribution in [3.63, 3.8) is 0 Å². The molecule has 0 heterocycles. The van der Waals surface area contributed by atoms with E-state index in [1.807, 2.05) is 0 Å². The first-order valence-electron chi connectivity index (χ1n) is 5.87. The van der Waals surface area contributed by atoms with Crippen LogP contribution in [-0.2, 0) is 14.3 Å². The van der Waals surface area contributed by atoms with Crippen LogP contribution in [0.15, 0.2) is 0 Å². The molecule has 3 rings (SSSR count). The van der Waals surface area contributed by atoms with E-state index in [4.69, 9.17) is 4.74 Å². The van der Waals surface area contributed by atoms with E-state index in [9.17, 15) is 9.59 Å². The van der Waals surface area contributed by atoms with Gasteiger partial charge in [0.25, 0.3) is 0 Å². The van der Waals surface area contributed by atoms with E-state index >= 15 is 0 Å². The van der Waals surface area contributed by atoms with Crippen LogP contribution in [0.2, 0.25) is 0 Å². The molecule has 0 aromatic carbocycles.